The van der Waals surface area contributed by atoms with Crippen LogP contribution in [0.1, 0.15) is 131 Å². The monoisotopic (exact) mass is 837 g/mol. The van der Waals surface area contributed by atoms with Crippen molar-refractivity contribution in [2.75, 3.05) is 19.4 Å². The Morgan fingerprint density at radius 1 is 0.906 bits per heavy atom. The molecular weight excluding hydrogens is 797 g/mol. The number of hydrogen-bond acceptors (Lipinski definition) is 11. The molecule has 286 valence electrons. The first-order valence-electron chi connectivity index (χ1n) is 17.1. The van der Waals surface area contributed by atoms with Crippen LogP contribution in [-0.4, -0.2) is 66.0 Å². The summed E-state index contributed by atoms with van der Waals surface area (Å²) in [6.07, 6.45) is 0.0578. The number of methoxy groups -OCH3 is 1. The predicted octanol–water partition coefficient (Wildman–Crippen LogP) is 3.10. The van der Waals surface area contributed by atoms with Crippen molar-refractivity contribution >= 4 is 55.8 Å². The van der Waals surface area contributed by atoms with Gasteiger partial charge in [0.1, 0.15) is 0 Å². The molecule has 0 saturated heterocycles. The Hall–Kier alpha value is -4.23. The Balaban J connectivity index is 0.00000627. The summed E-state index contributed by atoms with van der Waals surface area (Å²) >= 11 is 0. The summed E-state index contributed by atoms with van der Waals surface area (Å²) < 4.78 is 39.1. The summed E-state index contributed by atoms with van der Waals surface area (Å²) in [6.45, 7) is 10.4. The number of aromatic nitrogens is 4. The van der Waals surface area contributed by atoms with E-state index in [4.69, 9.17) is 24.7 Å². The molecule has 5 rings (SSSR count). The van der Waals surface area contributed by atoms with E-state index in [-0.39, 0.29) is 67.5 Å². The number of carboxylic acid groups (broad SMARTS) is 1. The Morgan fingerprint density at radius 2 is 1.49 bits per heavy atom. The van der Waals surface area contributed by atoms with Crippen molar-refractivity contribution in [2.24, 2.45) is 0 Å². The van der Waals surface area contributed by atoms with E-state index in [0.29, 0.717) is 62.4 Å². The Labute approximate surface area is 321 Å². The van der Waals surface area contributed by atoms with Gasteiger partial charge in [0.25, 0.3) is 0 Å². The molecule has 0 radical (unpaired) electrons. The van der Waals surface area contributed by atoms with Crippen LogP contribution < -0.4 is 20.4 Å². The number of carbonyl (C=O) groups is 4. The van der Waals surface area contributed by atoms with E-state index in [1.54, 1.807) is 26.0 Å². The van der Waals surface area contributed by atoms with E-state index in [1.165, 1.54) is 14.0 Å². The molecule has 4 atom stereocenters. The van der Waals surface area contributed by atoms with E-state index >= 15 is 0 Å². The maximum absolute atomic E-state index is 13.9. The number of nitrogens with one attached hydrogen (secondary N) is 1. The van der Waals surface area contributed by atoms with Gasteiger partial charge in [0.15, 0.2) is 5.78 Å². The molecule has 3 aromatic heterocycles. The van der Waals surface area contributed by atoms with E-state index in [2.05, 4.69) is 5.32 Å². The van der Waals surface area contributed by atoms with E-state index < -0.39 is 58.5 Å². The summed E-state index contributed by atoms with van der Waals surface area (Å²) in [5, 5.41) is 14.2. The zero-order valence-electron chi connectivity index (χ0n) is 30.5. The Morgan fingerprint density at radius 3 is 2.09 bits per heavy atom. The number of ether oxygens (including phenoxy) is 1. The summed E-state index contributed by atoms with van der Waals surface area (Å²) in [6, 6.07) is 5.34. The Bertz CT molecular complexity index is 2250. The van der Waals surface area contributed by atoms with Gasteiger partial charge >= 0.3 is 26.4 Å². The van der Waals surface area contributed by atoms with Crippen LogP contribution in [-0.2, 0) is 51.3 Å². The number of carboxylic acids is 1. The predicted molar refractivity (Wildman–Crippen MR) is 188 cm³/mol. The number of ketones is 1. The molecule has 1 amide bonds. The summed E-state index contributed by atoms with van der Waals surface area (Å²) in [7, 11) is -3.43. The molecule has 0 fully saturated rings. The van der Waals surface area contributed by atoms with Gasteiger partial charge in [-0.3, -0.25) is 24.4 Å². The van der Waals surface area contributed by atoms with Gasteiger partial charge < -0.3 is 34.5 Å². The first-order valence-corrected chi connectivity index (χ1v) is 18.7. The number of Topliss-reactive ketones (excluding diaryl/α,β-unsaturated/α-hetero) is 1. The fourth-order valence-electron chi connectivity index (χ4n) is 7.34. The molecule has 5 heterocycles. The minimum absolute atomic E-state index is 0. The largest absolute Gasteiger partial charge is 2.00 e. The first kappa shape index (κ1) is 41.5. The molecule has 0 spiro atoms. The van der Waals surface area contributed by atoms with Crippen LogP contribution in [0, 0.1) is 13.8 Å². The SMILES string of the molecule is CCC1c2cc3[n-]c(c(CC(=O)OC)c4nc(cc5[n-]c(cc(n2)C1C)c(C(C)=O)c5C)[C@@H](C)[C@@H]4CCC(=O)[O-])c(C(=O)NCCS(=O)(=O)[O-])c3C.[Pd+2]. The number of rotatable bonds is 11. The molecular formula is C37H41N5O9PdS-2. The van der Waals surface area contributed by atoms with Crippen LogP contribution >= 0.6 is 0 Å². The van der Waals surface area contributed by atoms with Crippen LogP contribution in [0.25, 0.3) is 22.1 Å². The number of esters is 1. The van der Waals surface area contributed by atoms with Crippen LogP contribution in [0.5, 0.6) is 0 Å². The molecule has 0 saturated carbocycles. The van der Waals surface area contributed by atoms with E-state index in [0.717, 1.165) is 0 Å². The van der Waals surface area contributed by atoms with E-state index in [9.17, 15) is 37.3 Å². The number of aryl methyl sites for hydroxylation is 2. The standard InChI is InChI=1S/C37H45N5O9S.Pd/c1-8-22-17(2)25-16-30-33(21(6)43)19(4)27(40-30)14-26-18(3)23(9-10-31(44)45)35(41-26)24(13-32(46)51-7)36-34(37(47)38-11-12-52(48,49)50)20(5)28(42-36)15-29(22)39-25;/h14-18,22-23H,8-13H2,1-7H3,(H5,38,39,40,41,42,43,44,45,47,48,49,50);/q;+2/p-4/t17?,18-,22?,23-;/m0./s1. The summed E-state index contributed by atoms with van der Waals surface area (Å²) in [5.74, 6) is -4.82. The second kappa shape index (κ2) is 16.4. The van der Waals surface area contributed by atoms with Gasteiger partial charge in [-0.25, -0.2) is 8.42 Å². The van der Waals surface area contributed by atoms with Crippen molar-refractivity contribution in [3.8, 4) is 0 Å². The number of carbonyl (C=O) groups excluding carboxylic acids is 4. The fourth-order valence-corrected chi connectivity index (χ4v) is 7.69. The molecule has 2 aliphatic heterocycles. The van der Waals surface area contributed by atoms with Crippen molar-refractivity contribution in [1.29, 1.82) is 0 Å². The van der Waals surface area contributed by atoms with Gasteiger partial charge in [-0.2, -0.15) is 0 Å². The van der Waals surface area contributed by atoms with Gasteiger partial charge in [-0.1, -0.05) is 50.1 Å². The van der Waals surface area contributed by atoms with Crippen molar-refractivity contribution in [3.05, 3.63) is 68.8 Å². The fraction of sp³-hybridized carbons (Fsp3) is 0.459. The normalized spacial score (nSPS) is 18.3. The molecule has 2 aliphatic rings. The quantitative estimate of drug-likeness (QED) is 0.127. The number of fused-ring (bicyclic) bond motifs is 8. The van der Waals surface area contributed by atoms with Crippen LogP contribution in [0.2, 0.25) is 0 Å². The van der Waals surface area contributed by atoms with Crippen LogP contribution in [0.4, 0.5) is 0 Å². The summed E-state index contributed by atoms with van der Waals surface area (Å²) in [4.78, 5) is 71.4. The maximum atomic E-state index is 13.9. The van der Waals surface area contributed by atoms with Gasteiger partial charge in [-0.05, 0) is 45.6 Å². The van der Waals surface area contributed by atoms with Crippen LogP contribution in [0.3, 0.4) is 0 Å². The van der Waals surface area contributed by atoms with E-state index in [1.807, 2.05) is 26.8 Å². The third-order valence-corrected chi connectivity index (χ3v) is 10.9. The zero-order chi connectivity index (χ0) is 38.2. The average molecular weight is 838 g/mol. The van der Waals surface area contributed by atoms with Crippen molar-refractivity contribution in [3.63, 3.8) is 0 Å². The molecule has 1 N–H and O–H groups in total. The number of amides is 1. The summed E-state index contributed by atoms with van der Waals surface area (Å²) in [5.41, 5.74) is 5.35. The van der Waals surface area contributed by atoms with Gasteiger partial charge in [0, 0.05) is 70.1 Å². The minimum atomic E-state index is -4.64. The van der Waals surface area contributed by atoms with Crippen molar-refractivity contribution in [1.82, 2.24) is 25.3 Å². The number of hydrogen-bond donors (Lipinski definition) is 1. The molecule has 3 aromatic rings. The molecule has 0 aromatic carbocycles. The van der Waals surface area contributed by atoms with Gasteiger partial charge in [0.2, 0.25) is 5.91 Å². The van der Waals surface area contributed by atoms with Crippen molar-refractivity contribution < 1.29 is 62.4 Å². The topological polar surface area (TPSA) is 224 Å². The molecule has 2 unspecified atom stereocenters. The zero-order valence-corrected chi connectivity index (χ0v) is 32.8. The third-order valence-electron chi connectivity index (χ3n) is 10.2. The maximum Gasteiger partial charge on any atom is 2.00 e. The average Bonchev–Trinajstić information content (AvgIpc) is 3.74. The first-order chi connectivity index (χ1) is 24.4. The second-order valence-electron chi connectivity index (χ2n) is 13.5. The molecule has 0 aliphatic carbocycles. The molecule has 53 heavy (non-hydrogen) atoms. The minimum Gasteiger partial charge on any atom is -0.748 e. The van der Waals surface area contributed by atoms with Gasteiger partial charge in [-0.15, -0.1) is 22.1 Å². The molecule has 14 nitrogen and oxygen atoms in total. The smallest absolute Gasteiger partial charge is 0.748 e. The number of nitrogens with zero attached hydrogens (tertiary/aromatic N) is 4. The number of aliphatic carboxylic acids is 1. The molecule has 8 bridgehead atoms. The Kier molecular flexibility index (Phi) is 12.9. The van der Waals surface area contributed by atoms with Gasteiger partial charge in [0.05, 0.1) is 29.4 Å². The third kappa shape index (κ3) is 8.62. The second-order valence-corrected chi connectivity index (χ2v) is 15.0. The van der Waals surface area contributed by atoms with Crippen molar-refractivity contribution in [2.45, 2.75) is 90.9 Å². The van der Waals surface area contributed by atoms with Crippen LogP contribution in [0.15, 0.2) is 18.2 Å². The molecule has 16 heteroatoms.